The van der Waals surface area contributed by atoms with Crippen LogP contribution < -0.4 is 10.2 Å². The minimum atomic E-state index is -0.455. The number of non-ortho nitro benzene ring substituents is 1. The van der Waals surface area contributed by atoms with Crippen molar-refractivity contribution in [2.75, 3.05) is 42.9 Å². The summed E-state index contributed by atoms with van der Waals surface area (Å²) in [5.41, 5.74) is 4.53. The van der Waals surface area contributed by atoms with Gasteiger partial charge in [0, 0.05) is 62.7 Å². The summed E-state index contributed by atoms with van der Waals surface area (Å²) in [4.78, 5) is 27.1. The van der Waals surface area contributed by atoms with Gasteiger partial charge in [0.15, 0.2) is 0 Å². The van der Waals surface area contributed by atoms with Crippen molar-refractivity contribution in [3.05, 3.63) is 63.7 Å². The van der Waals surface area contributed by atoms with Crippen LogP contribution in [0.2, 0.25) is 0 Å². The minimum absolute atomic E-state index is 0.0136. The van der Waals surface area contributed by atoms with Gasteiger partial charge in [-0.3, -0.25) is 19.8 Å². The summed E-state index contributed by atoms with van der Waals surface area (Å²) in [5, 5.41) is 13.5. The number of hydrogen-bond acceptors (Lipinski definition) is 5. The number of hydrogen-bond donors (Lipinski definition) is 1. The number of nitrogens with one attached hydrogen (secondary N) is 1. The Morgan fingerprint density at radius 2 is 1.75 bits per heavy atom. The number of nitro benzene ring substituents is 1. The summed E-state index contributed by atoms with van der Waals surface area (Å²) in [6, 6.07) is 12.3. The van der Waals surface area contributed by atoms with Crippen molar-refractivity contribution in [2.45, 2.75) is 20.3 Å². The van der Waals surface area contributed by atoms with E-state index in [2.05, 4.69) is 47.2 Å². The molecular weight excluding hydrogens is 356 g/mol. The second kappa shape index (κ2) is 8.84. The SMILES string of the molecule is Cc1cccc(N2CCN(CCC(=O)Nc3ccc([N+](=O)[O-])cc3)CC2)c1C. The number of aryl methyl sites for hydroxylation is 1. The van der Waals surface area contributed by atoms with Gasteiger partial charge in [0.2, 0.25) is 5.91 Å². The van der Waals surface area contributed by atoms with Crippen LogP contribution in [0.3, 0.4) is 0 Å². The first kappa shape index (κ1) is 19.8. The van der Waals surface area contributed by atoms with Gasteiger partial charge in [-0.2, -0.15) is 0 Å². The van der Waals surface area contributed by atoms with E-state index in [0.29, 0.717) is 18.7 Å². The molecule has 7 heteroatoms. The first-order valence-corrected chi connectivity index (χ1v) is 9.52. The molecule has 0 radical (unpaired) electrons. The molecule has 1 fully saturated rings. The molecule has 1 heterocycles. The summed E-state index contributed by atoms with van der Waals surface area (Å²) in [6.07, 6.45) is 0.403. The van der Waals surface area contributed by atoms with Crippen molar-refractivity contribution in [3.8, 4) is 0 Å². The highest BCUT2D eigenvalue weighted by atomic mass is 16.6. The van der Waals surface area contributed by atoms with Crippen molar-refractivity contribution in [1.82, 2.24) is 4.90 Å². The summed E-state index contributed by atoms with van der Waals surface area (Å²) in [5.74, 6) is -0.0780. The Kier molecular flexibility index (Phi) is 6.26. The number of benzene rings is 2. The molecule has 1 aliphatic rings. The van der Waals surface area contributed by atoms with Crippen LogP contribution in [0.25, 0.3) is 0 Å². The van der Waals surface area contributed by atoms with E-state index in [-0.39, 0.29) is 11.6 Å². The predicted molar refractivity (Wildman–Crippen MR) is 111 cm³/mol. The molecule has 0 aromatic heterocycles. The quantitative estimate of drug-likeness (QED) is 0.612. The van der Waals surface area contributed by atoms with Crippen molar-refractivity contribution in [3.63, 3.8) is 0 Å². The fourth-order valence-electron chi connectivity index (χ4n) is 3.44. The van der Waals surface area contributed by atoms with Gasteiger partial charge in [-0.05, 0) is 43.2 Å². The predicted octanol–water partition coefficient (Wildman–Crippen LogP) is 3.36. The average Bonchev–Trinajstić information content (AvgIpc) is 2.69. The number of amides is 1. The number of rotatable bonds is 6. The van der Waals surface area contributed by atoms with Gasteiger partial charge in [-0.15, -0.1) is 0 Å². The Balaban J connectivity index is 1.44. The topological polar surface area (TPSA) is 78.7 Å². The molecule has 28 heavy (non-hydrogen) atoms. The van der Waals surface area contributed by atoms with Gasteiger partial charge in [-0.25, -0.2) is 0 Å². The Bertz CT molecular complexity index is 843. The molecule has 0 bridgehead atoms. The summed E-state index contributed by atoms with van der Waals surface area (Å²) in [6.45, 7) is 8.77. The fourth-order valence-corrected chi connectivity index (χ4v) is 3.44. The van der Waals surface area contributed by atoms with Crippen molar-refractivity contribution >= 4 is 23.0 Å². The molecule has 0 unspecified atom stereocenters. The van der Waals surface area contributed by atoms with Crippen molar-refractivity contribution in [1.29, 1.82) is 0 Å². The second-order valence-electron chi connectivity index (χ2n) is 7.15. The zero-order valence-electron chi connectivity index (χ0n) is 16.4. The maximum atomic E-state index is 12.2. The van der Waals surface area contributed by atoms with E-state index in [0.717, 1.165) is 26.2 Å². The standard InChI is InChI=1S/C21H26N4O3/c1-16-4-3-5-20(17(16)2)24-14-12-23(13-15-24)11-10-21(26)22-18-6-8-19(9-7-18)25(27)28/h3-9H,10-15H2,1-2H3,(H,22,26). The number of piperazine rings is 1. The number of carbonyl (C=O) groups excluding carboxylic acids is 1. The smallest absolute Gasteiger partial charge is 0.269 e. The van der Waals surface area contributed by atoms with Crippen molar-refractivity contribution < 1.29 is 9.72 Å². The lowest BCUT2D eigenvalue weighted by molar-refractivity contribution is -0.384. The molecule has 0 atom stereocenters. The molecule has 1 N–H and O–H groups in total. The molecular formula is C21H26N4O3. The maximum Gasteiger partial charge on any atom is 0.269 e. The van der Waals surface area contributed by atoms with Crippen LogP contribution in [-0.4, -0.2) is 48.5 Å². The Morgan fingerprint density at radius 3 is 2.39 bits per heavy atom. The number of anilines is 2. The number of nitrogens with zero attached hydrogens (tertiary/aromatic N) is 3. The lowest BCUT2D eigenvalue weighted by Gasteiger charge is -2.37. The van der Waals surface area contributed by atoms with Crippen LogP contribution in [-0.2, 0) is 4.79 Å². The lowest BCUT2D eigenvalue weighted by atomic mass is 10.1. The Hall–Kier alpha value is -2.93. The van der Waals surface area contributed by atoms with Gasteiger partial charge >= 0.3 is 0 Å². The molecule has 0 saturated carbocycles. The first-order chi connectivity index (χ1) is 13.4. The number of nitro groups is 1. The second-order valence-corrected chi connectivity index (χ2v) is 7.15. The highest BCUT2D eigenvalue weighted by Crippen LogP contribution is 2.24. The summed E-state index contributed by atoms with van der Waals surface area (Å²) < 4.78 is 0. The van der Waals surface area contributed by atoms with E-state index in [9.17, 15) is 14.9 Å². The fraction of sp³-hybridized carbons (Fsp3) is 0.381. The van der Waals surface area contributed by atoms with Crippen LogP contribution in [0.5, 0.6) is 0 Å². The van der Waals surface area contributed by atoms with Gasteiger partial charge < -0.3 is 10.2 Å². The van der Waals surface area contributed by atoms with Gasteiger partial charge in [-0.1, -0.05) is 12.1 Å². The number of carbonyl (C=O) groups is 1. The first-order valence-electron chi connectivity index (χ1n) is 9.52. The van der Waals surface area contributed by atoms with Crippen LogP contribution in [0.15, 0.2) is 42.5 Å². The van der Waals surface area contributed by atoms with Gasteiger partial charge in [0.1, 0.15) is 0 Å². The van der Waals surface area contributed by atoms with Crippen LogP contribution >= 0.6 is 0 Å². The zero-order valence-corrected chi connectivity index (χ0v) is 16.4. The van der Waals surface area contributed by atoms with Gasteiger partial charge in [0.05, 0.1) is 4.92 Å². The molecule has 1 aliphatic heterocycles. The highest BCUT2D eigenvalue weighted by Gasteiger charge is 2.19. The third-order valence-electron chi connectivity index (χ3n) is 5.31. The monoisotopic (exact) mass is 382 g/mol. The normalized spacial score (nSPS) is 14.7. The molecule has 2 aromatic rings. The summed E-state index contributed by atoms with van der Waals surface area (Å²) >= 11 is 0. The molecule has 2 aromatic carbocycles. The van der Waals surface area contributed by atoms with Gasteiger partial charge in [0.25, 0.3) is 5.69 Å². The minimum Gasteiger partial charge on any atom is -0.369 e. The van der Waals surface area contributed by atoms with E-state index in [1.165, 1.54) is 28.9 Å². The van der Waals surface area contributed by atoms with Crippen LogP contribution in [0.4, 0.5) is 17.1 Å². The van der Waals surface area contributed by atoms with E-state index >= 15 is 0 Å². The molecule has 0 aliphatic carbocycles. The van der Waals surface area contributed by atoms with Crippen molar-refractivity contribution in [2.24, 2.45) is 0 Å². The third-order valence-corrected chi connectivity index (χ3v) is 5.31. The Labute approximate surface area is 165 Å². The molecule has 0 spiro atoms. The van der Waals surface area contributed by atoms with E-state index in [1.807, 2.05) is 0 Å². The van der Waals surface area contributed by atoms with Crippen LogP contribution in [0, 0.1) is 24.0 Å². The lowest BCUT2D eigenvalue weighted by Crippen LogP contribution is -2.47. The highest BCUT2D eigenvalue weighted by molar-refractivity contribution is 5.90. The molecule has 3 rings (SSSR count). The molecule has 148 valence electrons. The molecule has 1 saturated heterocycles. The third kappa shape index (κ3) is 4.86. The Morgan fingerprint density at radius 1 is 1.07 bits per heavy atom. The largest absolute Gasteiger partial charge is 0.369 e. The van der Waals surface area contributed by atoms with E-state index in [4.69, 9.17) is 0 Å². The molecule has 7 nitrogen and oxygen atoms in total. The average molecular weight is 382 g/mol. The van der Waals surface area contributed by atoms with E-state index < -0.39 is 4.92 Å². The maximum absolute atomic E-state index is 12.2. The zero-order chi connectivity index (χ0) is 20.1. The summed E-state index contributed by atoms with van der Waals surface area (Å²) in [7, 11) is 0. The molecule has 1 amide bonds. The van der Waals surface area contributed by atoms with Crippen LogP contribution in [0.1, 0.15) is 17.5 Å². The van der Waals surface area contributed by atoms with E-state index in [1.54, 1.807) is 12.1 Å².